The van der Waals surface area contributed by atoms with Gasteiger partial charge in [0, 0.05) is 36.5 Å². The van der Waals surface area contributed by atoms with Crippen molar-refractivity contribution in [3.05, 3.63) is 102 Å². The number of unbranched alkanes of at least 4 members (excludes halogenated alkanes) is 2. The maximum absolute atomic E-state index is 14.4. The zero-order chi connectivity index (χ0) is 56.0. The monoisotopic (exact) mass is 1080 g/mol. The molecule has 1 heterocycles. The smallest absolute Gasteiger partial charge is 0.446 e. The second-order valence-electron chi connectivity index (χ2n) is 19.2. The molecule has 0 aliphatic rings. The molecule has 4 rings (SSSR count). The Morgan fingerprint density at radius 2 is 1.22 bits per heavy atom. The van der Waals surface area contributed by atoms with Crippen molar-refractivity contribution in [3.63, 3.8) is 0 Å². The van der Waals surface area contributed by atoms with Gasteiger partial charge < -0.3 is 62.0 Å². The van der Waals surface area contributed by atoms with Crippen LogP contribution in [0.15, 0.2) is 85.1 Å². The van der Waals surface area contributed by atoms with Crippen molar-refractivity contribution in [1.82, 2.24) is 42.2 Å². The van der Waals surface area contributed by atoms with Gasteiger partial charge in [-0.3, -0.25) is 38.1 Å². The van der Waals surface area contributed by atoms with Crippen molar-refractivity contribution in [2.45, 2.75) is 141 Å². The van der Waals surface area contributed by atoms with Crippen LogP contribution in [0, 0.1) is 0 Å². The number of rotatable bonds is 31. The molecule has 4 aromatic rings. The average Bonchev–Trinajstić information content (AvgIpc) is 3.75. The molecular formula is C52H71N9O14S. The van der Waals surface area contributed by atoms with E-state index in [-0.39, 0.29) is 44.4 Å². The number of H-pyrrole nitrogens is 1. The fraction of sp³-hybridized carbons (Fsp3) is 0.462. The van der Waals surface area contributed by atoms with E-state index in [1.165, 1.54) is 24.3 Å². The zero-order valence-corrected chi connectivity index (χ0v) is 44.1. The SMILES string of the molecule is CCCC[C@H](NC(=O)[C@H](Cc1ccc(OS(=O)(=O)O)cc1)NC(=O)OC(C)(C)C)C(=O)NCC(=O)N[C@@H](Cc1c[nH]c2ccccc12)C(=O)N[C@@H](CCCC)C(=O)N[C@H](CN[C@@H](Cc1ccccc1)C(N)=O)CC(=O)O. The molecule has 0 fully saturated rings. The largest absolute Gasteiger partial charge is 0.481 e. The van der Waals surface area contributed by atoms with E-state index < -0.39 is 113 Å². The molecular weight excluding hydrogens is 1010 g/mol. The average molecular weight is 1080 g/mol. The molecule has 0 aliphatic heterocycles. The molecule has 7 amide bonds. The van der Waals surface area contributed by atoms with Crippen LogP contribution >= 0.6 is 0 Å². The number of nitrogens with two attached hydrogens (primary N) is 1. The number of carbonyl (C=O) groups excluding carboxylic acids is 7. The minimum atomic E-state index is -4.81. The Morgan fingerprint density at radius 3 is 1.80 bits per heavy atom. The van der Waals surface area contributed by atoms with Gasteiger partial charge in [0.05, 0.1) is 25.0 Å². The van der Waals surface area contributed by atoms with Gasteiger partial charge in [-0.25, -0.2) is 4.79 Å². The van der Waals surface area contributed by atoms with E-state index in [9.17, 15) is 51.9 Å². The molecule has 0 bridgehead atoms. The Bertz CT molecular complexity index is 2710. The van der Waals surface area contributed by atoms with Gasteiger partial charge in [0.2, 0.25) is 35.4 Å². The summed E-state index contributed by atoms with van der Waals surface area (Å²) >= 11 is 0. The van der Waals surface area contributed by atoms with Gasteiger partial charge in [0.25, 0.3) is 0 Å². The number of aromatic amines is 1. The molecule has 0 saturated heterocycles. The minimum Gasteiger partial charge on any atom is -0.481 e. The number of aromatic nitrogens is 1. The van der Waals surface area contributed by atoms with Gasteiger partial charge >= 0.3 is 22.5 Å². The maximum Gasteiger partial charge on any atom is 0.446 e. The molecule has 76 heavy (non-hydrogen) atoms. The molecule has 0 unspecified atom stereocenters. The summed E-state index contributed by atoms with van der Waals surface area (Å²) in [4.78, 5) is 110. The predicted molar refractivity (Wildman–Crippen MR) is 281 cm³/mol. The van der Waals surface area contributed by atoms with Gasteiger partial charge in [-0.05, 0) is 74.9 Å². The van der Waals surface area contributed by atoms with E-state index in [0.717, 1.165) is 16.5 Å². The summed E-state index contributed by atoms with van der Waals surface area (Å²) in [6, 6.07) is 14.5. The molecule has 0 radical (unpaired) electrons. The predicted octanol–water partition coefficient (Wildman–Crippen LogP) is 2.62. The molecule has 0 saturated carbocycles. The number of carboxylic acids is 1. The van der Waals surface area contributed by atoms with Crippen molar-refractivity contribution in [3.8, 4) is 5.75 Å². The van der Waals surface area contributed by atoms with Gasteiger partial charge in [-0.15, -0.1) is 0 Å². The van der Waals surface area contributed by atoms with Crippen LogP contribution in [0.25, 0.3) is 10.9 Å². The third-order valence-electron chi connectivity index (χ3n) is 11.7. The molecule has 3 aromatic carbocycles. The van der Waals surface area contributed by atoms with E-state index in [0.29, 0.717) is 36.8 Å². The summed E-state index contributed by atoms with van der Waals surface area (Å²) in [5.41, 5.74) is 7.34. The van der Waals surface area contributed by atoms with Crippen molar-refractivity contribution < 1.29 is 65.4 Å². The fourth-order valence-corrected chi connectivity index (χ4v) is 8.31. The van der Waals surface area contributed by atoms with Crippen molar-refractivity contribution in [1.29, 1.82) is 0 Å². The van der Waals surface area contributed by atoms with Crippen molar-refractivity contribution >= 4 is 68.8 Å². The van der Waals surface area contributed by atoms with E-state index in [1.54, 1.807) is 45.2 Å². The normalized spacial score (nSPS) is 13.9. The number of benzene rings is 3. The Morgan fingerprint density at radius 1 is 0.671 bits per heavy atom. The molecule has 24 heteroatoms. The number of carboxylic acid groups (broad SMARTS) is 1. The lowest BCUT2D eigenvalue weighted by Gasteiger charge is -2.26. The van der Waals surface area contributed by atoms with Gasteiger partial charge in [0.1, 0.15) is 35.5 Å². The minimum absolute atomic E-state index is 0.0728. The van der Waals surface area contributed by atoms with Gasteiger partial charge in [-0.1, -0.05) is 100 Å². The molecule has 6 atom stereocenters. The standard InChI is InChI=1S/C52H71N9O14S/c1-6-8-18-39(59-49(68)42(61-51(70)74-52(3,4)5)26-33-21-23-36(24-22-33)75-76(71,72)73)47(66)56-31-44(62)58-43(27-34-29-54-38-20-14-13-17-37(34)38)50(69)60-40(19-9-7-2)48(67)57-35(28-45(63)64)30-55-41(46(53)65)25-32-15-11-10-12-16-32/h10-17,20-24,29,35,39-43,54-55H,6-9,18-19,25-28,30-31H2,1-5H3,(H2,53,65)(H,56,66)(H,57,67)(H,58,62)(H,59,68)(H,60,69)(H,61,70)(H,63,64)(H,71,72,73)/t35-,39-,40-,41-,42-,43-/m0/s1. The van der Waals surface area contributed by atoms with Crippen LogP contribution in [-0.2, 0) is 68.0 Å². The topological polar surface area (TPSA) is 356 Å². The number of nitrogens with one attached hydrogen (secondary N) is 8. The number of alkyl carbamates (subject to hydrolysis) is 1. The quantitative estimate of drug-likeness (QED) is 0.0323. The first-order valence-corrected chi connectivity index (χ1v) is 26.4. The van der Waals surface area contributed by atoms with Crippen LogP contribution in [0.4, 0.5) is 4.79 Å². The number of hydrogen-bond donors (Lipinski definition) is 11. The third kappa shape index (κ3) is 21.7. The first-order valence-electron chi connectivity index (χ1n) is 25.0. The highest BCUT2D eigenvalue weighted by Crippen LogP contribution is 2.20. The summed E-state index contributed by atoms with van der Waals surface area (Å²) in [5.74, 6) is -5.97. The Hall–Kier alpha value is -7.57. The Balaban J connectivity index is 1.52. The number of para-hydroxylation sites is 1. The molecule has 23 nitrogen and oxygen atoms in total. The second kappa shape index (κ2) is 29.5. The highest BCUT2D eigenvalue weighted by Gasteiger charge is 2.32. The number of amides is 7. The molecule has 0 aliphatic carbocycles. The molecule has 414 valence electrons. The van der Waals surface area contributed by atoms with Gasteiger partial charge in [-0.2, -0.15) is 8.42 Å². The van der Waals surface area contributed by atoms with Crippen LogP contribution in [0.3, 0.4) is 0 Å². The first-order chi connectivity index (χ1) is 35.9. The Labute approximate surface area is 441 Å². The summed E-state index contributed by atoms with van der Waals surface area (Å²) in [6.45, 7) is 7.80. The molecule has 0 spiro atoms. The highest BCUT2D eigenvalue weighted by molar-refractivity contribution is 7.81. The second-order valence-corrected chi connectivity index (χ2v) is 20.2. The number of aliphatic carboxylic acids is 1. The first kappa shape index (κ1) is 61.0. The van der Waals surface area contributed by atoms with E-state index >= 15 is 0 Å². The highest BCUT2D eigenvalue weighted by atomic mass is 32.3. The number of ether oxygens (including phenoxy) is 1. The number of fused-ring (bicyclic) bond motifs is 1. The van der Waals surface area contributed by atoms with Crippen LogP contribution in [0.1, 0.15) is 96.3 Å². The molecule has 12 N–H and O–H groups in total. The van der Waals surface area contributed by atoms with E-state index in [2.05, 4.69) is 46.4 Å². The Kier molecular flexibility index (Phi) is 23.7. The van der Waals surface area contributed by atoms with Crippen LogP contribution in [0.5, 0.6) is 5.75 Å². The van der Waals surface area contributed by atoms with Crippen molar-refractivity contribution in [2.24, 2.45) is 5.73 Å². The number of primary amides is 1. The van der Waals surface area contributed by atoms with E-state index in [1.807, 2.05) is 50.2 Å². The van der Waals surface area contributed by atoms with Crippen molar-refractivity contribution in [2.75, 3.05) is 13.1 Å². The summed E-state index contributed by atoms with van der Waals surface area (Å²) in [6.07, 6.45) is 2.59. The molecule has 1 aromatic heterocycles. The lowest BCUT2D eigenvalue weighted by atomic mass is 10.0. The van der Waals surface area contributed by atoms with Crippen LogP contribution in [-0.4, -0.2) is 126 Å². The van der Waals surface area contributed by atoms with Gasteiger partial charge in [0.15, 0.2) is 0 Å². The summed E-state index contributed by atoms with van der Waals surface area (Å²) in [5, 5.41) is 29.3. The summed E-state index contributed by atoms with van der Waals surface area (Å²) in [7, 11) is -4.81. The number of carbonyl (C=O) groups is 8. The lowest BCUT2D eigenvalue weighted by molar-refractivity contribution is -0.138. The third-order valence-corrected chi connectivity index (χ3v) is 12.1. The summed E-state index contributed by atoms with van der Waals surface area (Å²) < 4.78 is 41.3. The lowest BCUT2D eigenvalue weighted by Crippen LogP contribution is -2.58. The van der Waals surface area contributed by atoms with Crippen LogP contribution in [0.2, 0.25) is 0 Å². The zero-order valence-electron chi connectivity index (χ0n) is 43.3. The maximum atomic E-state index is 14.4. The fourth-order valence-electron chi connectivity index (χ4n) is 7.96. The van der Waals surface area contributed by atoms with E-state index in [4.69, 9.17) is 15.0 Å². The number of hydrogen-bond acceptors (Lipinski definition) is 13. The van der Waals surface area contributed by atoms with Crippen LogP contribution < -0.4 is 47.1 Å².